The molecule has 0 aromatic heterocycles. The predicted octanol–water partition coefficient (Wildman–Crippen LogP) is 3.97. The van der Waals surface area contributed by atoms with Crippen molar-refractivity contribution >= 4 is 34.2 Å². The third kappa shape index (κ3) is 2.44. The molecule has 0 saturated carbocycles. The third-order valence-electron chi connectivity index (χ3n) is 1.54. The maximum absolute atomic E-state index is 12.4. The van der Waals surface area contributed by atoms with Crippen molar-refractivity contribution in [1.29, 1.82) is 0 Å². The first-order valence-corrected chi connectivity index (χ1v) is 4.92. The van der Waals surface area contributed by atoms with Crippen LogP contribution in [0.2, 0.25) is 5.02 Å². The molecule has 6 heteroatoms. The normalized spacial score (nSPS) is 11.6. The van der Waals surface area contributed by atoms with Gasteiger partial charge in [0, 0.05) is 3.57 Å². The summed E-state index contributed by atoms with van der Waals surface area (Å²) in [5, 5.41) is -0.293. The first-order valence-electron chi connectivity index (χ1n) is 3.46. The molecule has 0 saturated heterocycles. The van der Waals surface area contributed by atoms with Gasteiger partial charge in [-0.25, -0.2) is 0 Å². The van der Waals surface area contributed by atoms with E-state index in [1.165, 1.54) is 13.2 Å². The summed E-state index contributed by atoms with van der Waals surface area (Å²) in [6, 6.07) is 2.32. The smallest absolute Gasteiger partial charge is 0.418 e. The van der Waals surface area contributed by atoms with Crippen LogP contribution in [0.5, 0.6) is 5.75 Å². The Kier molecular flexibility index (Phi) is 3.52. The summed E-state index contributed by atoms with van der Waals surface area (Å²) in [4.78, 5) is 0. The van der Waals surface area contributed by atoms with Crippen LogP contribution in [0.3, 0.4) is 0 Å². The first-order chi connectivity index (χ1) is 6.36. The van der Waals surface area contributed by atoms with E-state index in [1.807, 2.05) is 0 Å². The molecule has 0 spiro atoms. The number of alkyl halides is 3. The van der Waals surface area contributed by atoms with Gasteiger partial charge in [0.1, 0.15) is 5.75 Å². The maximum Gasteiger partial charge on any atom is 0.418 e. The van der Waals surface area contributed by atoms with E-state index in [2.05, 4.69) is 0 Å². The summed E-state index contributed by atoms with van der Waals surface area (Å²) in [6.45, 7) is 0. The molecule has 1 aromatic rings. The molecule has 14 heavy (non-hydrogen) atoms. The van der Waals surface area contributed by atoms with Crippen LogP contribution in [0.1, 0.15) is 5.56 Å². The summed E-state index contributed by atoms with van der Waals surface area (Å²) in [7, 11) is 1.31. The number of hydrogen-bond acceptors (Lipinski definition) is 1. The van der Waals surface area contributed by atoms with Gasteiger partial charge in [0.05, 0.1) is 17.7 Å². The fourth-order valence-electron chi connectivity index (χ4n) is 0.888. The Balaban J connectivity index is 3.35. The summed E-state index contributed by atoms with van der Waals surface area (Å²) in [6.07, 6.45) is -4.45. The summed E-state index contributed by atoms with van der Waals surface area (Å²) < 4.78 is 42.2. The fourth-order valence-corrected chi connectivity index (χ4v) is 1.70. The topological polar surface area (TPSA) is 9.23 Å². The molecule has 0 radical (unpaired) electrons. The summed E-state index contributed by atoms with van der Waals surface area (Å²) >= 11 is 7.25. The van der Waals surface area contributed by atoms with Crippen LogP contribution in [0.25, 0.3) is 0 Å². The average Bonchev–Trinajstić information content (AvgIpc) is 2.07. The second kappa shape index (κ2) is 4.14. The molecule has 0 heterocycles. The SMILES string of the molecule is COc1cc(I)c(Cl)c(C(F)(F)F)c1. The Morgan fingerprint density at radius 2 is 1.93 bits per heavy atom. The molecule has 0 atom stereocenters. The average molecular weight is 336 g/mol. The van der Waals surface area contributed by atoms with E-state index in [4.69, 9.17) is 16.3 Å². The number of methoxy groups -OCH3 is 1. The lowest BCUT2D eigenvalue weighted by molar-refractivity contribution is -0.137. The zero-order valence-electron chi connectivity index (χ0n) is 6.95. The molecular formula is C8H5ClF3IO. The molecule has 0 amide bonds. The molecule has 0 aliphatic heterocycles. The summed E-state index contributed by atoms with van der Waals surface area (Å²) in [5.74, 6) is 0.145. The predicted molar refractivity (Wildman–Crippen MR) is 55.7 cm³/mol. The molecule has 78 valence electrons. The van der Waals surface area contributed by atoms with Crippen molar-refractivity contribution in [3.63, 3.8) is 0 Å². The Hall–Kier alpha value is -0.170. The Labute approximate surface area is 97.3 Å². The van der Waals surface area contributed by atoms with Crippen molar-refractivity contribution in [3.8, 4) is 5.75 Å². The highest BCUT2D eigenvalue weighted by atomic mass is 127. The van der Waals surface area contributed by atoms with Crippen molar-refractivity contribution in [2.75, 3.05) is 7.11 Å². The molecule has 0 aliphatic rings. The van der Waals surface area contributed by atoms with E-state index in [0.717, 1.165) is 6.07 Å². The zero-order valence-corrected chi connectivity index (χ0v) is 9.87. The van der Waals surface area contributed by atoms with Crippen LogP contribution in [0, 0.1) is 3.57 Å². The van der Waals surface area contributed by atoms with E-state index < -0.39 is 11.7 Å². The van der Waals surface area contributed by atoms with E-state index in [9.17, 15) is 13.2 Å². The quantitative estimate of drug-likeness (QED) is 0.705. The van der Waals surface area contributed by atoms with Gasteiger partial charge >= 0.3 is 6.18 Å². The van der Waals surface area contributed by atoms with Crippen molar-refractivity contribution in [1.82, 2.24) is 0 Å². The van der Waals surface area contributed by atoms with Gasteiger partial charge in [-0.3, -0.25) is 0 Å². The van der Waals surface area contributed by atoms with Crippen molar-refractivity contribution in [2.45, 2.75) is 6.18 Å². The lowest BCUT2D eigenvalue weighted by Crippen LogP contribution is -2.07. The minimum Gasteiger partial charge on any atom is -0.497 e. The second-order valence-electron chi connectivity index (χ2n) is 2.47. The van der Waals surface area contributed by atoms with Gasteiger partial charge < -0.3 is 4.74 Å². The van der Waals surface area contributed by atoms with Gasteiger partial charge in [0.15, 0.2) is 0 Å². The number of halogens is 5. The van der Waals surface area contributed by atoms with E-state index in [-0.39, 0.29) is 10.8 Å². The molecule has 0 bridgehead atoms. The van der Waals surface area contributed by atoms with Crippen molar-refractivity contribution in [2.24, 2.45) is 0 Å². The zero-order chi connectivity index (χ0) is 10.9. The Bertz CT molecular complexity index is 351. The van der Waals surface area contributed by atoms with Gasteiger partial charge in [-0.1, -0.05) is 11.6 Å². The molecule has 0 N–H and O–H groups in total. The minimum absolute atomic E-state index is 0.145. The number of hydrogen-bond donors (Lipinski definition) is 0. The maximum atomic E-state index is 12.4. The van der Waals surface area contributed by atoms with E-state index in [1.54, 1.807) is 22.6 Å². The fraction of sp³-hybridized carbons (Fsp3) is 0.250. The Morgan fingerprint density at radius 1 is 1.36 bits per heavy atom. The second-order valence-corrected chi connectivity index (χ2v) is 4.01. The molecule has 0 unspecified atom stereocenters. The third-order valence-corrected chi connectivity index (χ3v) is 3.12. The Morgan fingerprint density at radius 3 is 2.36 bits per heavy atom. The van der Waals surface area contributed by atoms with Crippen LogP contribution in [0.4, 0.5) is 13.2 Å². The van der Waals surface area contributed by atoms with Gasteiger partial charge in [-0.05, 0) is 34.7 Å². The number of ether oxygens (including phenoxy) is 1. The largest absolute Gasteiger partial charge is 0.497 e. The van der Waals surface area contributed by atoms with Gasteiger partial charge in [0.25, 0.3) is 0 Å². The molecular weight excluding hydrogens is 331 g/mol. The van der Waals surface area contributed by atoms with Crippen LogP contribution in [-0.4, -0.2) is 7.11 Å². The number of rotatable bonds is 1. The monoisotopic (exact) mass is 336 g/mol. The van der Waals surface area contributed by atoms with Crippen LogP contribution in [0.15, 0.2) is 12.1 Å². The van der Waals surface area contributed by atoms with Crippen LogP contribution >= 0.6 is 34.2 Å². The van der Waals surface area contributed by atoms with Gasteiger partial charge in [-0.15, -0.1) is 0 Å². The minimum atomic E-state index is -4.45. The van der Waals surface area contributed by atoms with Crippen LogP contribution < -0.4 is 4.74 Å². The molecule has 1 aromatic carbocycles. The van der Waals surface area contributed by atoms with Crippen molar-refractivity contribution in [3.05, 3.63) is 26.3 Å². The molecule has 0 aliphatic carbocycles. The lowest BCUT2D eigenvalue weighted by Gasteiger charge is -2.11. The molecule has 1 rings (SSSR count). The molecule has 1 nitrogen and oxygen atoms in total. The molecule has 0 fully saturated rings. The van der Waals surface area contributed by atoms with E-state index >= 15 is 0 Å². The van der Waals surface area contributed by atoms with Crippen LogP contribution in [-0.2, 0) is 6.18 Å². The van der Waals surface area contributed by atoms with Gasteiger partial charge in [0.2, 0.25) is 0 Å². The highest BCUT2D eigenvalue weighted by molar-refractivity contribution is 14.1. The first kappa shape index (κ1) is 11.9. The van der Waals surface area contributed by atoms with Gasteiger partial charge in [-0.2, -0.15) is 13.2 Å². The lowest BCUT2D eigenvalue weighted by atomic mass is 10.2. The van der Waals surface area contributed by atoms with Crippen molar-refractivity contribution < 1.29 is 17.9 Å². The standard InChI is InChI=1S/C8H5ClF3IO/c1-14-4-2-5(8(10,11)12)7(9)6(13)3-4/h2-3H,1H3. The highest BCUT2D eigenvalue weighted by Crippen LogP contribution is 2.39. The summed E-state index contributed by atoms with van der Waals surface area (Å²) in [5.41, 5.74) is -0.872. The highest BCUT2D eigenvalue weighted by Gasteiger charge is 2.34. The van der Waals surface area contributed by atoms with E-state index in [0.29, 0.717) is 3.57 Å². The number of benzene rings is 1.